The van der Waals surface area contributed by atoms with Crippen LogP contribution in [0.1, 0.15) is 0 Å². The molecule has 5 heteroatoms. The molecule has 94 valence electrons. The second-order valence-corrected chi connectivity index (χ2v) is 4.43. The molecule has 3 aromatic rings. The van der Waals surface area contributed by atoms with Crippen molar-refractivity contribution in [3.8, 4) is 17.1 Å². The zero-order valence-corrected chi connectivity index (χ0v) is 10.9. The number of benzene rings is 2. The van der Waals surface area contributed by atoms with Crippen molar-refractivity contribution in [2.75, 3.05) is 7.11 Å². The van der Waals surface area contributed by atoms with Crippen LogP contribution in [-0.4, -0.2) is 22.3 Å². The van der Waals surface area contributed by atoms with E-state index in [1.807, 2.05) is 24.3 Å². The molecule has 0 saturated carbocycles. The van der Waals surface area contributed by atoms with Gasteiger partial charge >= 0.3 is 0 Å². The molecule has 0 aliphatic heterocycles. The number of rotatable bonds is 2. The Balaban J connectivity index is 2.08. The van der Waals surface area contributed by atoms with Gasteiger partial charge in [-0.2, -0.15) is 0 Å². The maximum atomic E-state index is 5.86. The Morgan fingerprint density at radius 2 is 1.74 bits per heavy atom. The van der Waals surface area contributed by atoms with Crippen molar-refractivity contribution in [3.63, 3.8) is 0 Å². The van der Waals surface area contributed by atoms with E-state index in [4.69, 9.17) is 16.3 Å². The lowest BCUT2D eigenvalue weighted by atomic mass is 10.2. The SMILES string of the molecule is COc1ccc2nc(-c3ccc(Cl)cc3)nnc2c1. The monoisotopic (exact) mass is 271 g/mol. The molecular weight excluding hydrogens is 262 g/mol. The predicted octanol–water partition coefficient (Wildman–Crippen LogP) is 3.35. The van der Waals surface area contributed by atoms with Crippen LogP contribution in [0.15, 0.2) is 42.5 Å². The maximum Gasteiger partial charge on any atom is 0.182 e. The van der Waals surface area contributed by atoms with E-state index in [9.17, 15) is 0 Å². The van der Waals surface area contributed by atoms with E-state index in [1.54, 1.807) is 25.3 Å². The molecule has 0 N–H and O–H groups in total. The van der Waals surface area contributed by atoms with Gasteiger partial charge < -0.3 is 4.74 Å². The fourth-order valence-corrected chi connectivity index (χ4v) is 1.89. The molecule has 0 amide bonds. The van der Waals surface area contributed by atoms with E-state index >= 15 is 0 Å². The van der Waals surface area contributed by atoms with Crippen LogP contribution in [0.3, 0.4) is 0 Å². The quantitative estimate of drug-likeness (QED) is 0.717. The van der Waals surface area contributed by atoms with Crippen molar-refractivity contribution in [1.29, 1.82) is 0 Å². The molecular formula is C14H10ClN3O. The smallest absolute Gasteiger partial charge is 0.182 e. The number of methoxy groups -OCH3 is 1. The highest BCUT2D eigenvalue weighted by Gasteiger charge is 2.05. The average Bonchev–Trinajstić information content (AvgIpc) is 2.47. The molecule has 0 unspecified atom stereocenters. The van der Waals surface area contributed by atoms with Gasteiger partial charge in [-0.3, -0.25) is 0 Å². The summed E-state index contributed by atoms with van der Waals surface area (Å²) in [6, 6.07) is 12.9. The Hall–Kier alpha value is -2.20. The third kappa shape index (κ3) is 2.35. The summed E-state index contributed by atoms with van der Waals surface area (Å²) in [6.45, 7) is 0. The highest BCUT2D eigenvalue weighted by molar-refractivity contribution is 6.30. The molecule has 1 aromatic heterocycles. The Kier molecular flexibility index (Phi) is 3.01. The lowest BCUT2D eigenvalue weighted by Crippen LogP contribution is -1.94. The maximum absolute atomic E-state index is 5.86. The van der Waals surface area contributed by atoms with Crippen LogP contribution in [0.25, 0.3) is 22.4 Å². The molecule has 1 heterocycles. The van der Waals surface area contributed by atoms with Gasteiger partial charge in [0, 0.05) is 16.7 Å². The first-order chi connectivity index (χ1) is 9.26. The summed E-state index contributed by atoms with van der Waals surface area (Å²) in [5, 5.41) is 8.97. The van der Waals surface area contributed by atoms with E-state index in [2.05, 4.69) is 15.2 Å². The summed E-state index contributed by atoms with van der Waals surface area (Å²) in [6.07, 6.45) is 0. The number of nitrogens with zero attached hydrogens (tertiary/aromatic N) is 3. The third-order valence-corrected chi connectivity index (χ3v) is 3.02. The molecule has 0 bridgehead atoms. The fraction of sp³-hybridized carbons (Fsp3) is 0.0714. The third-order valence-electron chi connectivity index (χ3n) is 2.76. The number of hydrogen-bond donors (Lipinski definition) is 0. The largest absolute Gasteiger partial charge is 0.497 e. The summed E-state index contributed by atoms with van der Waals surface area (Å²) in [5.74, 6) is 1.32. The number of fused-ring (bicyclic) bond motifs is 1. The van der Waals surface area contributed by atoms with Gasteiger partial charge in [-0.15, -0.1) is 10.2 Å². The number of aromatic nitrogens is 3. The zero-order valence-electron chi connectivity index (χ0n) is 10.2. The summed E-state index contributed by atoms with van der Waals surface area (Å²) < 4.78 is 5.14. The lowest BCUT2D eigenvalue weighted by Gasteiger charge is -2.03. The van der Waals surface area contributed by atoms with Crippen LogP contribution in [0.2, 0.25) is 5.02 Å². The van der Waals surface area contributed by atoms with E-state index in [0.29, 0.717) is 16.4 Å². The summed E-state index contributed by atoms with van der Waals surface area (Å²) in [5.41, 5.74) is 2.37. The first-order valence-corrected chi connectivity index (χ1v) is 6.08. The second kappa shape index (κ2) is 4.82. The summed E-state index contributed by atoms with van der Waals surface area (Å²) >= 11 is 5.86. The van der Waals surface area contributed by atoms with Gasteiger partial charge in [0.2, 0.25) is 0 Å². The van der Waals surface area contributed by atoms with Crippen LogP contribution in [0, 0.1) is 0 Å². The molecule has 3 rings (SSSR count). The summed E-state index contributed by atoms with van der Waals surface area (Å²) in [4.78, 5) is 4.48. The van der Waals surface area contributed by atoms with Crippen LogP contribution in [0.4, 0.5) is 0 Å². The van der Waals surface area contributed by atoms with Crippen LogP contribution >= 0.6 is 11.6 Å². The first kappa shape index (κ1) is 11.9. The standard InChI is InChI=1S/C14H10ClN3O/c1-19-11-6-7-12-13(8-11)17-18-14(16-12)9-2-4-10(15)5-3-9/h2-8H,1H3. The highest BCUT2D eigenvalue weighted by Crippen LogP contribution is 2.21. The van der Waals surface area contributed by atoms with Crippen molar-refractivity contribution in [1.82, 2.24) is 15.2 Å². The van der Waals surface area contributed by atoms with Crippen molar-refractivity contribution in [2.24, 2.45) is 0 Å². The molecule has 4 nitrogen and oxygen atoms in total. The Morgan fingerprint density at radius 1 is 0.947 bits per heavy atom. The number of ether oxygens (including phenoxy) is 1. The zero-order chi connectivity index (χ0) is 13.2. The first-order valence-electron chi connectivity index (χ1n) is 5.71. The average molecular weight is 272 g/mol. The summed E-state index contributed by atoms with van der Waals surface area (Å²) in [7, 11) is 1.62. The van der Waals surface area contributed by atoms with Gasteiger partial charge in [-0.1, -0.05) is 11.6 Å². The highest BCUT2D eigenvalue weighted by atomic mass is 35.5. The fourth-order valence-electron chi connectivity index (χ4n) is 1.76. The molecule has 0 atom stereocenters. The molecule has 0 fully saturated rings. The topological polar surface area (TPSA) is 47.9 Å². The lowest BCUT2D eigenvalue weighted by molar-refractivity contribution is 0.415. The van der Waals surface area contributed by atoms with Gasteiger partial charge in [0.15, 0.2) is 5.82 Å². The Labute approximate surface area is 115 Å². The molecule has 2 aromatic carbocycles. The normalized spacial score (nSPS) is 10.6. The van der Waals surface area contributed by atoms with E-state index in [-0.39, 0.29) is 0 Å². The van der Waals surface area contributed by atoms with Crippen LogP contribution < -0.4 is 4.74 Å². The van der Waals surface area contributed by atoms with Crippen LogP contribution in [-0.2, 0) is 0 Å². The van der Waals surface area contributed by atoms with Crippen molar-refractivity contribution in [2.45, 2.75) is 0 Å². The minimum Gasteiger partial charge on any atom is -0.497 e. The van der Waals surface area contributed by atoms with E-state index in [0.717, 1.165) is 16.8 Å². The van der Waals surface area contributed by atoms with E-state index in [1.165, 1.54) is 0 Å². The molecule has 0 aliphatic rings. The molecule has 0 radical (unpaired) electrons. The minimum atomic E-state index is 0.578. The molecule has 0 spiro atoms. The predicted molar refractivity (Wildman–Crippen MR) is 74.3 cm³/mol. The van der Waals surface area contributed by atoms with Crippen LogP contribution in [0.5, 0.6) is 5.75 Å². The molecule has 19 heavy (non-hydrogen) atoms. The molecule has 0 saturated heterocycles. The van der Waals surface area contributed by atoms with Gasteiger partial charge in [0.1, 0.15) is 11.3 Å². The van der Waals surface area contributed by atoms with Crippen molar-refractivity contribution in [3.05, 3.63) is 47.5 Å². The van der Waals surface area contributed by atoms with Gasteiger partial charge in [0.25, 0.3) is 0 Å². The Morgan fingerprint density at radius 3 is 2.47 bits per heavy atom. The minimum absolute atomic E-state index is 0.578. The number of hydrogen-bond acceptors (Lipinski definition) is 4. The Bertz CT molecular complexity index is 728. The van der Waals surface area contributed by atoms with Crippen molar-refractivity contribution < 1.29 is 4.74 Å². The van der Waals surface area contributed by atoms with Gasteiger partial charge in [0.05, 0.1) is 12.6 Å². The van der Waals surface area contributed by atoms with Crippen molar-refractivity contribution >= 4 is 22.6 Å². The molecule has 0 aliphatic carbocycles. The van der Waals surface area contributed by atoms with Gasteiger partial charge in [-0.05, 0) is 36.4 Å². The van der Waals surface area contributed by atoms with Gasteiger partial charge in [-0.25, -0.2) is 4.98 Å². The second-order valence-electron chi connectivity index (χ2n) is 4.00. The number of halogens is 1. The van der Waals surface area contributed by atoms with E-state index < -0.39 is 0 Å².